The first-order valence-electron chi connectivity index (χ1n) is 4.92. The SMILES string of the molecule is CC(C)c1ccc2c(c1)COCC2=O. The predicted molar refractivity (Wildman–Crippen MR) is 54.5 cm³/mol. The number of benzene rings is 1. The third-order valence-corrected chi connectivity index (χ3v) is 2.59. The zero-order chi connectivity index (χ0) is 10.1. The Morgan fingerprint density at radius 3 is 2.79 bits per heavy atom. The number of fused-ring (bicyclic) bond motifs is 1. The van der Waals surface area contributed by atoms with E-state index in [0.29, 0.717) is 12.5 Å². The summed E-state index contributed by atoms with van der Waals surface area (Å²) in [6.07, 6.45) is 0. The molecule has 1 aliphatic heterocycles. The third-order valence-electron chi connectivity index (χ3n) is 2.59. The van der Waals surface area contributed by atoms with Gasteiger partial charge in [-0.15, -0.1) is 0 Å². The Balaban J connectivity index is 2.44. The first-order chi connectivity index (χ1) is 6.68. The lowest BCUT2D eigenvalue weighted by Crippen LogP contribution is -2.18. The molecule has 1 heterocycles. The van der Waals surface area contributed by atoms with Crippen molar-refractivity contribution in [1.29, 1.82) is 0 Å². The Morgan fingerprint density at radius 2 is 2.07 bits per heavy atom. The molecule has 0 unspecified atom stereocenters. The lowest BCUT2D eigenvalue weighted by molar-refractivity contribution is 0.0665. The maximum Gasteiger partial charge on any atom is 0.188 e. The molecule has 74 valence electrons. The Morgan fingerprint density at radius 1 is 1.29 bits per heavy atom. The summed E-state index contributed by atoms with van der Waals surface area (Å²) >= 11 is 0. The second-order valence-corrected chi connectivity index (χ2v) is 3.99. The second-order valence-electron chi connectivity index (χ2n) is 3.99. The number of carbonyl (C=O) groups is 1. The standard InChI is InChI=1S/C12H14O2/c1-8(2)9-3-4-11-10(5-9)6-14-7-12(11)13/h3-5,8H,6-7H2,1-2H3. The van der Waals surface area contributed by atoms with Crippen molar-refractivity contribution in [2.75, 3.05) is 6.61 Å². The van der Waals surface area contributed by atoms with Crippen LogP contribution in [0.3, 0.4) is 0 Å². The van der Waals surface area contributed by atoms with Gasteiger partial charge < -0.3 is 4.74 Å². The molecule has 14 heavy (non-hydrogen) atoms. The van der Waals surface area contributed by atoms with E-state index in [9.17, 15) is 4.79 Å². The van der Waals surface area contributed by atoms with Crippen LogP contribution >= 0.6 is 0 Å². The highest BCUT2D eigenvalue weighted by molar-refractivity contribution is 5.99. The Kier molecular flexibility index (Phi) is 2.38. The highest BCUT2D eigenvalue weighted by Crippen LogP contribution is 2.22. The average molecular weight is 190 g/mol. The number of hydrogen-bond acceptors (Lipinski definition) is 2. The van der Waals surface area contributed by atoms with Gasteiger partial charge in [0.2, 0.25) is 0 Å². The predicted octanol–water partition coefficient (Wildman–Crippen LogP) is 2.52. The van der Waals surface area contributed by atoms with E-state index >= 15 is 0 Å². The minimum atomic E-state index is 0.0987. The largest absolute Gasteiger partial charge is 0.369 e. The van der Waals surface area contributed by atoms with Crippen LogP contribution in [-0.4, -0.2) is 12.4 Å². The molecule has 1 aromatic carbocycles. The van der Waals surface area contributed by atoms with Crippen LogP contribution in [0.4, 0.5) is 0 Å². The van der Waals surface area contributed by atoms with Crippen molar-refractivity contribution in [3.05, 3.63) is 34.9 Å². The summed E-state index contributed by atoms with van der Waals surface area (Å²) < 4.78 is 5.19. The topological polar surface area (TPSA) is 26.3 Å². The van der Waals surface area contributed by atoms with E-state index < -0.39 is 0 Å². The fourth-order valence-electron chi connectivity index (χ4n) is 1.70. The van der Waals surface area contributed by atoms with Crippen LogP contribution < -0.4 is 0 Å². The number of rotatable bonds is 1. The van der Waals surface area contributed by atoms with Gasteiger partial charge >= 0.3 is 0 Å². The van der Waals surface area contributed by atoms with Gasteiger partial charge in [-0.2, -0.15) is 0 Å². The third kappa shape index (κ3) is 1.58. The van der Waals surface area contributed by atoms with Crippen LogP contribution in [-0.2, 0) is 11.3 Å². The second kappa shape index (κ2) is 3.54. The van der Waals surface area contributed by atoms with Gasteiger partial charge in [0.25, 0.3) is 0 Å². The molecule has 0 radical (unpaired) electrons. The molecule has 0 spiro atoms. The van der Waals surface area contributed by atoms with Gasteiger partial charge in [-0.1, -0.05) is 32.0 Å². The number of carbonyl (C=O) groups excluding carboxylic acids is 1. The fourth-order valence-corrected chi connectivity index (χ4v) is 1.70. The van der Waals surface area contributed by atoms with E-state index in [0.717, 1.165) is 11.1 Å². The maximum atomic E-state index is 11.4. The molecule has 1 aliphatic rings. The van der Waals surface area contributed by atoms with Gasteiger partial charge in [0, 0.05) is 5.56 Å². The summed E-state index contributed by atoms with van der Waals surface area (Å²) in [5.74, 6) is 0.596. The van der Waals surface area contributed by atoms with Crippen LogP contribution in [0, 0.1) is 0 Å². The van der Waals surface area contributed by atoms with Crippen LogP contribution in [0.1, 0.15) is 41.3 Å². The molecule has 0 bridgehead atoms. The summed E-state index contributed by atoms with van der Waals surface area (Å²) in [6, 6.07) is 6.04. The van der Waals surface area contributed by atoms with E-state index in [-0.39, 0.29) is 12.4 Å². The molecule has 0 amide bonds. The van der Waals surface area contributed by atoms with Gasteiger partial charge in [0.05, 0.1) is 6.61 Å². The summed E-state index contributed by atoms with van der Waals surface area (Å²) in [4.78, 5) is 11.4. The molecule has 0 saturated heterocycles. The molecule has 2 nitrogen and oxygen atoms in total. The van der Waals surface area contributed by atoms with E-state index in [4.69, 9.17) is 4.74 Å². The minimum absolute atomic E-state index is 0.0987. The smallest absolute Gasteiger partial charge is 0.188 e. The fraction of sp³-hybridized carbons (Fsp3) is 0.417. The number of ketones is 1. The molecule has 0 saturated carbocycles. The average Bonchev–Trinajstić information content (AvgIpc) is 2.17. The van der Waals surface area contributed by atoms with E-state index in [1.54, 1.807) is 0 Å². The van der Waals surface area contributed by atoms with Crippen molar-refractivity contribution in [1.82, 2.24) is 0 Å². The molecule has 1 aromatic rings. The molecular weight excluding hydrogens is 176 g/mol. The van der Waals surface area contributed by atoms with Gasteiger partial charge in [-0.25, -0.2) is 0 Å². The van der Waals surface area contributed by atoms with E-state index in [1.807, 2.05) is 12.1 Å². The van der Waals surface area contributed by atoms with Gasteiger partial charge in [-0.3, -0.25) is 4.79 Å². The maximum absolute atomic E-state index is 11.4. The van der Waals surface area contributed by atoms with Crippen LogP contribution in [0.25, 0.3) is 0 Å². The van der Waals surface area contributed by atoms with Crippen LogP contribution in [0.5, 0.6) is 0 Å². The monoisotopic (exact) mass is 190 g/mol. The van der Waals surface area contributed by atoms with Gasteiger partial charge in [0.1, 0.15) is 6.61 Å². The van der Waals surface area contributed by atoms with E-state index in [2.05, 4.69) is 19.9 Å². The zero-order valence-corrected chi connectivity index (χ0v) is 8.54. The highest BCUT2D eigenvalue weighted by Gasteiger charge is 2.17. The first-order valence-corrected chi connectivity index (χ1v) is 4.92. The number of ether oxygens (including phenoxy) is 1. The molecule has 0 aliphatic carbocycles. The lowest BCUT2D eigenvalue weighted by atomic mass is 9.95. The molecule has 2 heteroatoms. The lowest BCUT2D eigenvalue weighted by Gasteiger charge is -2.17. The quantitative estimate of drug-likeness (QED) is 0.680. The van der Waals surface area contributed by atoms with Crippen molar-refractivity contribution in [2.24, 2.45) is 0 Å². The molecular formula is C12H14O2. The highest BCUT2D eigenvalue weighted by atomic mass is 16.5. The molecule has 2 rings (SSSR count). The van der Waals surface area contributed by atoms with Gasteiger partial charge in [-0.05, 0) is 17.0 Å². The van der Waals surface area contributed by atoms with Crippen molar-refractivity contribution < 1.29 is 9.53 Å². The van der Waals surface area contributed by atoms with Crippen molar-refractivity contribution in [3.8, 4) is 0 Å². The molecule has 0 fully saturated rings. The van der Waals surface area contributed by atoms with Crippen LogP contribution in [0.2, 0.25) is 0 Å². The van der Waals surface area contributed by atoms with Crippen molar-refractivity contribution >= 4 is 5.78 Å². The normalized spacial score (nSPS) is 15.8. The van der Waals surface area contributed by atoms with Crippen LogP contribution in [0.15, 0.2) is 18.2 Å². The summed E-state index contributed by atoms with van der Waals surface area (Å²) in [7, 11) is 0. The van der Waals surface area contributed by atoms with Gasteiger partial charge in [0.15, 0.2) is 5.78 Å². The molecule has 0 aromatic heterocycles. The summed E-state index contributed by atoms with van der Waals surface area (Å²) in [6.45, 7) is 5.09. The Labute approximate surface area is 83.9 Å². The number of Topliss-reactive ketones (excluding diaryl/α,β-unsaturated/α-hetero) is 1. The summed E-state index contributed by atoms with van der Waals surface area (Å²) in [5, 5.41) is 0. The van der Waals surface area contributed by atoms with Crippen molar-refractivity contribution in [2.45, 2.75) is 26.4 Å². The molecule has 0 atom stereocenters. The van der Waals surface area contributed by atoms with Crippen molar-refractivity contribution in [3.63, 3.8) is 0 Å². The first kappa shape index (κ1) is 9.41. The Bertz CT molecular complexity index is 367. The zero-order valence-electron chi connectivity index (χ0n) is 8.54. The summed E-state index contributed by atoms with van der Waals surface area (Å²) in [5.41, 5.74) is 3.13. The Hall–Kier alpha value is -1.15. The minimum Gasteiger partial charge on any atom is -0.369 e. The molecule has 0 N–H and O–H groups in total. The van der Waals surface area contributed by atoms with E-state index in [1.165, 1.54) is 5.56 Å². The number of hydrogen-bond donors (Lipinski definition) is 0.